The minimum Gasteiger partial charge on any atom is -0.497 e. The van der Waals surface area contributed by atoms with E-state index < -0.39 is 0 Å². The lowest BCUT2D eigenvalue weighted by Gasteiger charge is -2.03. The van der Waals surface area contributed by atoms with Gasteiger partial charge in [0.25, 0.3) is 0 Å². The number of nitrogens with zero attached hydrogens (tertiary/aromatic N) is 3. The van der Waals surface area contributed by atoms with Crippen molar-refractivity contribution in [2.24, 2.45) is 0 Å². The molecule has 2 aromatic rings. The molecular formula is C10H10ClN3O. The van der Waals surface area contributed by atoms with E-state index in [0.29, 0.717) is 11.8 Å². The van der Waals surface area contributed by atoms with Crippen LogP contribution in [0.25, 0.3) is 0 Å². The summed E-state index contributed by atoms with van der Waals surface area (Å²) in [5.74, 6) is 0.837. The zero-order valence-electron chi connectivity index (χ0n) is 8.22. The monoisotopic (exact) mass is 223 g/mol. The maximum absolute atomic E-state index is 5.81. The van der Waals surface area contributed by atoms with E-state index in [1.807, 2.05) is 24.3 Å². The van der Waals surface area contributed by atoms with Crippen molar-refractivity contribution in [1.29, 1.82) is 0 Å². The van der Waals surface area contributed by atoms with Gasteiger partial charge in [-0.3, -0.25) is 0 Å². The normalized spacial score (nSPS) is 10.3. The number of ether oxygens (including phenoxy) is 1. The molecule has 0 fully saturated rings. The van der Waals surface area contributed by atoms with Crippen molar-refractivity contribution < 1.29 is 4.74 Å². The number of hydrogen-bond acceptors (Lipinski definition) is 3. The molecule has 0 atom stereocenters. The Hall–Kier alpha value is -1.55. The third kappa shape index (κ3) is 2.27. The van der Waals surface area contributed by atoms with Crippen molar-refractivity contribution in [2.75, 3.05) is 7.11 Å². The summed E-state index contributed by atoms with van der Waals surface area (Å²) in [6.07, 6.45) is 1.44. The van der Waals surface area contributed by atoms with Crippen LogP contribution >= 0.6 is 11.6 Å². The van der Waals surface area contributed by atoms with E-state index >= 15 is 0 Å². The van der Waals surface area contributed by atoms with Crippen LogP contribution in [0.3, 0.4) is 0 Å². The molecule has 0 unspecified atom stereocenters. The third-order valence-electron chi connectivity index (χ3n) is 2.06. The molecule has 4 nitrogen and oxygen atoms in total. The fourth-order valence-electron chi connectivity index (χ4n) is 1.26. The predicted molar refractivity (Wildman–Crippen MR) is 57.1 cm³/mol. The second-order valence-corrected chi connectivity index (χ2v) is 3.37. The summed E-state index contributed by atoms with van der Waals surface area (Å²) < 4.78 is 6.70. The first-order valence-corrected chi connectivity index (χ1v) is 4.83. The zero-order valence-corrected chi connectivity index (χ0v) is 8.98. The molecule has 0 spiro atoms. The van der Waals surface area contributed by atoms with E-state index in [9.17, 15) is 0 Å². The van der Waals surface area contributed by atoms with Crippen LogP contribution in [0.15, 0.2) is 30.6 Å². The molecule has 0 bridgehead atoms. The second-order valence-electron chi connectivity index (χ2n) is 3.03. The third-order valence-corrected chi connectivity index (χ3v) is 2.35. The Balaban J connectivity index is 2.14. The van der Waals surface area contributed by atoms with Gasteiger partial charge in [0.2, 0.25) is 5.28 Å². The maximum atomic E-state index is 5.81. The van der Waals surface area contributed by atoms with Crippen molar-refractivity contribution in [3.63, 3.8) is 0 Å². The lowest BCUT2D eigenvalue weighted by atomic mass is 10.2. The van der Waals surface area contributed by atoms with E-state index in [-0.39, 0.29) is 0 Å². The molecule has 0 saturated heterocycles. The van der Waals surface area contributed by atoms with Crippen LogP contribution in [-0.2, 0) is 6.54 Å². The van der Waals surface area contributed by atoms with Crippen molar-refractivity contribution in [3.8, 4) is 5.75 Å². The Morgan fingerprint density at radius 2 is 2.07 bits per heavy atom. The van der Waals surface area contributed by atoms with E-state index in [2.05, 4.69) is 10.1 Å². The molecule has 1 heterocycles. The van der Waals surface area contributed by atoms with Crippen LogP contribution in [0.2, 0.25) is 5.28 Å². The summed E-state index contributed by atoms with van der Waals surface area (Å²) in [5.41, 5.74) is 1.10. The highest BCUT2D eigenvalue weighted by Crippen LogP contribution is 2.13. The van der Waals surface area contributed by atoms with E-state index in [0.717, 1.165) is 11.3 Å². The van der Waals surface area contributed by atoms with Gasteiger partial charge in [-0.05, 0) is 29.3 Å². The second kappa shape index (κ2) is 4.31. The summed E-state index contributed by atoms with van der Waals surface area (Å²) in [6.45, 7) is 0.614. The fourth-order valence-corrected chi connectivity index (χ4v) is 1.41. The maximum Gasteiger partial charge on any atom is 0.221 e. The predicted octanol–water partition coefficient (Wildman–Crippen LogP) is 1.99. The van der Waals surface area contributed by atoms with Gasteiger partial charge < -0.3 is 4.74 Å². The average Bonchev–Trinajstić information content (AvgIpc) is 2.66. The largest absolute Gasteiger partial charge is 0.497 e. The van der Waals surface area contributed by atoms with Gasteiger partial charge in [-0.25, -0.2) is 9.67 Å². The van der Waals surface area contributed by atoms with Gasteiger partial charge in [-0.2, -0.15) is 5.10 Å². The molecule has 1 aromatic carbocycles. The van der Waals surface area contributed by atoms with E-state index in [1.165, 1.54) is 6.33 Å². The SMILES string of the molecule is COc1ccc(Cn2ncnc2Cl)cc1. The molecule has 0 aliphatic carbocycles. The fraction of sp³-hybridized carbons (Fsp3) is 0.200. The highest BCUT2D eigenvalue weighted by molar-refractivity contribution is 6.28. The molecule has 0 radical (unpaired) electrons. The van der Waals surface area contributed by atoms with Gasteiger partial charge >= 0.3 is 0 Å². The van der Waals surface area contributed by atoms with Crippen LogP contribution in [0.1, 0.15) is 5.56 Å². The lowest BCUT2D eigenvalue weighted by molar-refractivity contribution is 0.414. The van der Waals surface area contributed by atoms with Gasteiger partial charge in [0, 0.05) is 0 Å². The van der Waals surface area contributed by atoms with Gasteiger partial charge in [0.05, 0.1) is 13.7 Å². The van der Waals surface area contributed by atoms with Gasteiger partial charge in [0.1, 0.15) is 12.1 Å². The lowest BCUT2D eigenvalue weighted by Crippen LogP contribution is -2.01. The number of benzene rings is 1. The van der Waals surface area contributed by atoms with E-state index in [4.69, 9.17) is 16.3 Å². The Morgan fingerprint density at radius 3 is 2.60 bits per heavy atom. The zero-order chi connectivity index (χ0) is 10.7. The van der Waals surface area contributed by atoms with Crippen molar-refractivity contribution >= 4 is 11.6 Å². The quantitative estimate of drug-likeness (QED) is 0.799. The molecule has 0 aliphatic rings. The van der Waals surface area contributed by atoms with Crippen LogP contribution in [0, 0.1) is 0 Å². The Morgan fingerprint density at radius 1 is 1.33 bits per heavy atom. The molecule has 15 heavy (non-hydrogen) atoms. The highest BCUT2D eigenvalue weighted by Gasteiger charge is 2.01. The van der Waals surface area contributed by atoms with Gasteiger partial charge in [-0.1, -0.05) is 12.1 Å². The van der Waals surface area contributed by atoms with Crippen molar-refractivity contribution in [1.82, 2.24) is 14.8 Å². The van der Waals surface area contributed by atoms with Crippen LogP contribution in [0.5, 0.6) is 5.75 Å². The Kier molecular flexibility index (Phi) is 2.87. The van der Waals surface area contributed by atoms with Crippen LogP contribution < -0.4 is 4.74 Å². The molecule has 1 aromatic heterocycles. The minimum atomic E-state index is 0.394. The molecule has 78 valence electrons. The summed E-state index contributed by atoms with van der Waals surface area (Å²) in [4.78, 5) is 3.84. The van der Waals surface area contributed by atoms with Crippen molar-refractivity contribution in [2.45, 2.75) is 6.54 Å². The standard InChI is InChI=1S/C10H10ClN3O/c1-15-9-4-2-8(3-5-9)6-14-10(11)12-7-13-14/h2-5,7H,6H2,1H3. The molecule has 0 aliphatic heterocycles. The number of halogens is 1. The first-order chi connectivity index (χ1) is 7.29. The minimum absolute atomic E-state index is 0.394. The average molecular weight is 224 g/mol. The topological polar surface area (TPSA) is 39.9 Å². The van der Waals surface area contributed by atoms with Crippen molar-refractivity contribution in [3.05, 3.63) is 41.4 Å². The highest BCUT2D eigenvalue weighted by atomic mass is 35.5. The molecule has 2 rings (SSSR count). The number of aromatic nitrogens is 3. The van der Waals surface area contributed by atoms with Crippen LogP contribution in [0.4, 0.5) is 0 Å². The summed E-state index contributed by atoms with van der Waals surface area (Å²) in [6, 6.07) is 7.74. The van der Waals surface area contributed by atoms with Gasteiger partial charge in [-0.15, -0.1) is 0 Å². The first kappa shape index (κ1) is 9.98. The Bertz CT molecular complexity index is 438. The molecule has 0 N–H and O–H groups in total. The molecule has 5 heteroatoms. The number of hydrogen-bond donors (Lipinski definition) is 0. The molecule has 0 saturated carbocycles. The Labute approximate surface area is 92.5 Å². The van der Waals surface area contributed by atoms with Crippen LogP contribution in [-0.4, -0.2) is 21.9 Å². The molecule has 0 amide bonds. The molecular weight excluding hydrogens is 214 g/mol. The first-order valence-electron chi connectivity index (χ1n) is 4.46. The summed E-state index contributed by atoms with van der Waals surface area (Å²) in [7, 11) is 1.64. The number of methoxy groups -OCH3 is 1. The van der Waals surface area contributed by atoms with E-state index in [1.54, 1.807) is 11.8 Å². The summed E-state index contributed by atoms with van der Waals surface area (Å²) in [5, 5.41) is 4.39. The summed E-state index contributed by atoms with van der Waals surface area (Å²) >= 11 is 5.81. The van der Waals surface area contributed by atoms with Gasteiger partial charge in [0.15, 0.2) is 0 Å². The smallest absolute Gasteiger partial charge is 0.221 e. The number of rotatable bonds is 3.